The molecule has 0 aromatic heterocycles. The predicted molar refractivity (Wildman–Crippen MR) is 41.9 cm³/mol. The standard InChI is InChI=1S/C5H10O4S2/c1-2-11(8,9)5-3-10(6,7)4-5/h5H,2-4H2,1H3. The number of hydrogen-bond acceptors (Lipinski definition) is 4. The van der Waals surface area contributed by atoms with E-state index in [9.17, 15) is 16.8 Å². The lowest BCUT2D eigenvalue weighted by molar-refractivity contribution is 0.560. The van der Waals surface area contributed by atoms with E-state index in [0.29, 0.717) is 0 Å². The fourth-order valence-corrected chi connectivity index (χ4v) is 5.37. The van der Waals surface area contributed by atoms with Crippen LogP contribution in [0, 0.1) is 0 Å². The quantitative estimate of drug-likeness (QED) is 0.583. The SMILES string of the molecule is CCS(=O)(=O)C1CS(=O)(=O)C1. The average Bonchev–Trinajstić information content (AvgIpc) is 1.83. The summed E-state index contributed by atoms with van der Waals surface area (Å²) in [6, 6.07) is 0. The fourth-order valence-electron chi connectivity index (χ4n) is 0.961. The third-order valence-corrected chi connectivity index (χ3v) is 6.19. The smallest absolute Gasteiger partial charge is 0.154 e. The zero-order valence-electron chi connectivity index (χ0n) is 6.15. The molecule has 1 aliphatic heterocycles. The Morgan fingerprint density at radius 1 is 1.36 bits per heavy atom. The Labute approximate surface area is 66.4 Å². The normalized spacial score (nSPS) is 24.5. The van der Waals surface area contributed by atoms with Crippen LogP contribution in [0.1, 0.15) is 6.92 Å². The van der Waals surface area contributed by atoms with Crippen LogP contribution in [0.25, 0.3) is 0 Å². The number of hydrogen-bond donors (Lipinski definition) is 0. The van der Waals surface area contributed by atoms with Gasteiger partial charge >= 0.3 is 0 Å². The van der Waals surface area contributed by atoms with Gasteiger partial charge in [-0.1, -0.05) is 6.92 Å². The van der Waals surface area contributed by atoms with Crippen LogP contribution in [0.2, 0.25) is 0 Å². The van der Waals surface area contributed by atoms with E-state index < -0.39 is 24.9 Å². The van der Waals surface area contributed by atoms with Crippen molar-refractivity contribution in [3.05, 3.63) is 0 Å². The molecule has 0 spiro atoms. The summed E-state index contributed by atoms with van der Waals surface area (Å²) in [6.45, 7) is 1.53. The summed E-state index contributed by atoms with van der Waals surface area (Å²) in [5.41, 5.74) is 0. The lowest BCUT2D eigenvalue weighted by Crippen LogP contribution is -2.47. The molecular formula is C5H10O4S2. The van der Waals surface area contributed by atoms with Crippen LogP contribution in [-0.2, 0) is 19.7 Å². The molecule has 0 radical (unpaired) electrons. The number of sulfone groups is 2. The first-order chi connectivity index (χ1) is 4.87. The van der Waals surface area contributed by atoms with E-state index >= 15 is 0 Å². The summed E-state index contributed by atoms with van der Waals surface area (Å²) in [4.78, 5) is 0. The minimum Gasteiger partial charge on any atom is -0.229 e. The van der Waals surface area contributed by atoms with Crippen LogP contribution in [0.15, 0.2) is 0 Å². The molecule has 6 heteroatoms. The highest BCUT2D eigenvalue weighted by Gasteiger charge is 2.41. The Morgan fingerprint density at radius 2 is 1.82 bits per heavy atom. The molecule has 1 rings (SSSR count). The Hall–Kier alpha value is -0.100. The van der Waals surface area contributed by atoms with Crippen LogP contribution in [0.5, 0.6) is 0 Å². The molecule has 0 bridgehead atoms. The molecule has 1 fully saturated rings. The Kier molecular flexibility index (Phi) is 2.00. The van der Waals surface area contributed by atoms with E-state index in [4.69, 9.17) is 0 Å². The van der Waals surface area contributed by atoms with Crippen molar-refractivity contribution >= 4 is 19.7 Å². The predicted octanol–water partition coefficient (Wildman–Crippen LogP) is -0.782. The summed E-state index contributed by atoms with van der Waals surface area (Å²) >= 11 is 0. The van der Waals surface area contributed by atoms with E-state index in [0.717, 1.165) is 0 Å². The molecule has 11 heavy (non-hydrogen) atoms. The van der Waals surface area contributed by atoms with Gasteiger partial charge in [0.1, 0.15) is 0 Å². The van der Waals surface area contributed by atoms with Crippen molar-refractivity contribution < 1.29 is 16.8 Å². The van der Waals surface area contributed by atoms with E-state index in [-0.39, 0.29) is 17.3 Å². The molecule has 0 amide bonds. The van der Waals surface area contributed by atoms with Gasteiger partial charge in [0.05, 0.1) is 16.8 Å². The highest BCUT2D eigenvalue weighted by molar-refractivity contribution is 7.99. The van der Waals surface area contributed by atoms with Crippen molar-refractivity contribution in [2.45, 2.75) is 12.2 Å². The molecule has 1 heterocycles. The molecule has 1 aliphatic rings. The van der Waals surface area contributed by atoms with Crippen molar-refractivity contribution in [1.82, 2.24) is 0 Å². The molecule has 0 saturated carbocycles. The third-order valence-electron chi connectivity index (χ3n) is 1.79. The van der Waals surface area contributed by atoms with Gasteiger partial charge in [-0.15, -0.1) is 0 Å². The van der Waals surface area contributed by atoms with E-state index in [1.54, 1.807) is 0 Å². The minimum absolute atomic E-state index is 0.0349. The summed E-state index contributed by atoms with van der Waals surface area (Å²) < 4.78 is 43.2. The van der Waals surface area contributed by atoms with Crippen molar-refractivity contribution in [1.29, 1.82) is 0 Å². The Morgan fingerprint density at radius 3 is 2.09 bits per heavy atom. The molecule has 0 N–H and O–H groups in total. The van der Waals surface area contributed by atoms with Crippen molar-refractivity contribution in [2.75, 3.05) is 17.3 Å². The molecule has 1 saturated heterocycles. The second-order valence-electron chi connectivity index (χ2n) is 2.65. The highest BCUT2D eigenvalue weighted by atomic mass is 32.2. The molecule has 66 valence electrons. The van der Waals surface area contributed by atoms with Crippen molar-refractivity contribution in [3.8, 4) is 0 Å². The Bertz CT molecular complexity index is 325. The fraction of sp³-hybridized carbons (Fsp3) is 1.00. The van der Waals surface area contributed by atoms with E-state index in [1.165, 1.54) is 6.92 Å². The minimum atomic E-state index is -3.11. The topological polar surface area (TPSA) is 68.3 Å². The molecule has 0 atom stereocenters. The van der Waals surface area contributed by atoms with Gasteiger partial charge in [0.2, 0.25) is 0 Å². The molecule has 0 aromatic carbocycles. The highest BCUT2D eigenvalue weighted by Crippen LogP contribution is 2.18. The van der Waals surface area contributed by atoms with Crippen molar-refractivity contribution in [2.24, 2.45) is 0 Å². The lowest BCUT2D eigenvalue weighted by Gasteiger charge is -2.24. The second kappa shape index (κ2) is 2.45. The molecule has 0 aliphatic carbocycles. The summed E-state index contributed by atoms with van der Waals surface area (Å²) in [5, 5.41) is -0.627. The van der Waals surface area contributed by atoms with Gasteiger partial charge in [-0.05, 0) is 0 Å². The van der Waals surface area contributed by atoms with Crippen LogP contribution < -0.4 is 0 Å². The maximum atomic E-state index is 11.0. The Balaban J connectivity index is 2.72. The van der Waals surface area contributed by atoms with E-state index in [1.807, 2.05) is 0 Å². The van der Waals surface area contributed by atoms with Crippen LogP contribution in [0.3, 0.4) is 0 Å². The molecular weight excluding hydrogens is 188 g/mol. The lowest BCUT2D eigenvalue weighted by atomic mass is 10.5. The summed E-state index contributed by atoms with van der Waals surface area (Å²) in [7, 11) is -6.11. The monoisotopic (exact) mass is 198 g/mol. The maximum Gasteiger partial charge on any atom is 0.154 e. The van der Waals surface area contributed by atoms with Gasteiger partial charge in [-0.3, -0.25) is 0 Å². The molecule has 4 nitrogen and oxygen atoms in total. The van der Waals surface area contributed by atoms with Gasteiger partial charge in [-0.2, -0.15) is 0 Å². The average molecular weight is 198 g/mol. The first-order valence-corrected chi connectivity index (χ1v) is 6.83. The summed E-state index contributed by atoms with van der Waals surface area (Å²) in [5.74, 6) is -0.320. The van der Waals surface area contributed by atoms with Gasteiger partial charge in [-0.25, -0.2) is 16.8 Å². The van der Waals surface area contributed by atoms with Gasteiger partial charge in [0, 0.05) is 5.75 Å². The van der Waals surface area contributed by atoms with Crippen LogP contribution >= 0.6 is 0 Å². The first-order valence-electron chi connectivity index (χ1n) is 3.29. The number of rotatable bonds is 2. The first kappa shape index (κ1) is 8.99. The largest absolute Gasteiger partial charge is 0.229 e. The van der Waals surface area contributed by atoms with Crippen LogP contribution in [-0.4, -0.2) is 39.3 Å². The van der Waals surface area contributed by atoms with Gasteiger partial charge in [0.25, 0.3) is 0 Å². The van der Waals surface area contributed by atoms with E-state index in [2.05, 4.69) is 0 Å². The van der Waals surface area contributed by atoms with Crippen molar-refractivity contribution in [3.63, 3.8) is 0 Å². The second-order valence-corrected chi connectivity index (χ2v) is 7.37. The zero-order valence-corrected chi connectivity index (χ0v) is 7.78. The van der Waals surface area contributed by atoms with Gasteiger partial charge < -0.3 is 0 Å². The third kappa shape index (κ3) is 1.73. The summed E-state index contributed by atoms with van der Waals surface area (Å²) in [6.07, 6.45) is 0. The zero-order chi connectivity index (χ0) is 8.70. The van der Waals surface area contributed by atoms with Gasteiger partial charge in [0.15, 0.2) is 19.7 Å². The molecule has 0 unspecified atom stereocenters. The molecule has 0 aromatic rings. The maximum absolute atomic E-state index is 11.0. The van der Waals surface area contributed by atoms with Crippen LogP contribution in [0.4, 0.5) is 0 Å².